The number of aryl methyl sites for hydroxylation is 1. The van der Waals surface area contributed by atoms with Crippen LogP contribution in [0, 0.1) is 0 Å². The Labute approximate surface area is 227 Å². The van der Waals surface area contributed by atoms with Crippen molar-refractivity contribution in [3.8, 4) is 0 Å². The van der Waals surface area contributed by atoms with Gasteiger partial charge in [0, 0.05) is 44.9 Å². The zero-order valence-corrected chi connectivity index (χ0v) is 23.7. The molecule has 1 unspecified atom stereocenters. The molecule has 2 aliphatic heterocycles. The van der Waals surface area contributed by atoms with E-state index in [4.69, 9.17) is 14.8 Å². The molecule has 9 heteroatoms. The molecule has 202 valence electrons. The first kappa shape index (κ1) is 25.5. The van der Waals surface area contributed by atoms with Gasteiger partial charge in [0.2, 0.25) is 0 Å². The van der Waals surface area contributed by atoms with E-state index in [0.717, 1.165) is 74.0 Å². The second-order valence-corrected chi connectivity index (χ2v) is 11.8. The van der Waals surface area contributed by atoms with Crippen LogP contribution in [0.5, 0.6) is 0 Å². The number of hydrogen-bond donors (Lipinski definition) is 0. The minimum absolute atomic E-state index is 0.00443. The lowest BCUT2D eigenvalue weighted by atomic mass is 9.99. The zero-order chi connectivity index (χ0) is 26.4. The largest absolute Gasteiger partial charge is 0.364 e. The van der Waals surface area contributed by atoms with E-state index in [-0.39, 0.29) is 23.9 Å². The SMILES string of the molecule is CC[C@H]1CN([C@@H](C)c2nc3ccccc3s2)[C@H](CC)CN1c1cc(=O)n(C)c2cn(C3CCCCO3)nc12. The molecule has 0 amide bonds. The second-order valence-electron chi connectivity index (χ2n) is 10.8. The fourth-order valence-corrected chi connectivity index (χ4v) is 7.21. The van der Waals surface area contributed by atoms with E-state index in [1.165, 1.54) is 9.71 Å². The molecule has 0 spiro atoms. The Morgan fingerprint density at radius 1 is 1.13 bits per heavy atom. The number of hydrogen-bond acceptors (Lipinski definition) is 7. The Hall–Kier alpha value is -2.75. The van der Waals surface area contributed by atoms with Crippen LogP contribution in [-0.2, 0) is 11.8 Å². The van der Waals surface area contributed by atoms with Gasteiger partial charge in [0.25, 0.3) is 5.56 Å². The van der Waals surface area contributed by atoms with Gasteiger partial charge in [0.05, 0.1) is 33.7 Å². The first-order valence-electron chi connectivity index (χ1n) is 14.1. The molecule has 0 bridgehead atoms. The van der Waals surface area contributed by atoms with Crippen molar-refractivity contribution in [3.63, 3.8) is 0 Å². The van der Waals surface area contributed by atoms with E-state index in [2.05, 4.69) is 54.8 Å². The number of thiazole rings is 1. The molecule has 4 atom stereocenters. The molecule has 4 aromatic rings. The van der Waals surface area contributed by atoms with E-state index in [9.17, 15) is 4.79 Å². The molecule has 0 N–H and O–H groups in total. The Morgan fingerprint density at radius 3 is 2.68 bits per heavy atom. The van der Waals surface area contributed by atoms with E-state index in [1.807, 2.05) is 17.9 Å². The van der Waals surface area contributed by atoms with Crippen molar-refractivity contribution in [3.05, 3.63) is 51.9 Å². The highest BCUT2D eigenvalue weighted by atomic mass is 32.1. The maximum Gasteiger partial charge on any atom is 0.252 e. The first-order chi connectivity index (χ1) is 18.5. The molecule has 38 heavy (non-hydrogen) atoms. The predicted molar refractivity (Wildman–Crippen MR) is 154 cm³/mol. The number of rotatable bonds is 6. The molecule has 0 saturated carbocycles. The molecule has 3 aromatic heterocycles. The van der Waals surface area contributed by atoms with Gasteiger partial charge in [-0.2, -0.15) is 5.10 Å². The third-order valence-corrected chi connectivity index (χ3v) is 9.72. The van der Waals surface area contributed by atoms with E-state index in [0.29, 0.717) is 6.04 Å². The lowest BCUT2D eigenvalue weighted by Gasteiger charge is -2.49. The monoisotopic (exact) mass is 534 g/mol. The summed E-state index contributed by atoms with van der Waals surface area (Å²) in [5.74, 6) is 0. The molecular weight excluding hydrogens is 496 g/mol. The van der Waals surface area contributed by atoms with Crippen molar-refractivity contribution in [2.75, 3.05) is 24.6 Å². The van der Waals surface area contributed by atoms with Crippen molar-refractivity contribution in [2.24, 2.45) is 7.05 Å². The summed E-state index contributed by atoms with van der Waals surface area (Å²) in [5.41, 5.74) is 3.80. The Morgan fingerprint density at radius 2 is 1.95 bits per heavy atom. The van der Waals surface area contributed by atoms with Crippen molar-refractivity contribution < 1.29 is 4.74 Å². The highest BCUT2D eigenvalue weighted by Gasteiger charge is 2.37. The number of nitrogens with zero attached hydrogens (tertiary/aromatic N) is 6. The molecule has 1 aromatic carbocycles. The smallest absolute Gasteiger partial charge is 0.252 e. The lowest BCUT2D eigenvalue weighted by Crippen LogP contribution is -2.58. The number of benzene rings is 1. The van der Waals surface area contributed by atoms with Gasteiger partial charge in [-0.3, -0.25) is 9.69 Å². The summed E-state index contributed by atoms with van der Waals surface area (Å²) in [6.45, 7) is 9.36. The number of para-hydroxylation sites is 1. The maximum atomic E-state index is 13.1. The summed E-state index contributed by atoms with van der Waals surface area (Å²) in [6, 6.07) is 11.1. The van der Waals surface area contributed by atoms with E-state index < -0.39 is 0 Å². The van der Waals surface area contributed by atoms with E-state index in [1.54, 1.807) is 22.0 Å². The minimum Gasteiger partial charge on any atom is -0.364 e. The van der Waals surface area contributed by atoms with Crippen molar-refractivity contribution in [1.29, 1.82) is 0 Å². The average Bonchev–Trinajstić information content (AvgIpc) is 3.60. The van der Waals surface area contributed by atoms with E-state index >= 15 is 0 Å². The standard InChI is InChI=1S/C29H38N6O2S/c1-5-20-17-34(21(6-2)16-33(20)19(3)29-30-22-11-7-8-12-25(22)38-29)23-15-26(36)32(4)24-18-35(31-28(23)24)27-13-9-10-14-37-27/h7-8,11-12,15,18-21,27H,5-6,9-10,13-14,16-17H2,1-4H3/t19-,20+,21-,27?/m0/s1. The van der Waals surface area contributed by atoms with Gasteiger partial charge >= 0.3 is 0 Å². The summed E-state index contributed by atoms with van der Waals surface area (Å²) in [4.78, 5) is 23.2. The lowest BCUT2D eigenvalue weighted by molar-refractivity contribution is -0.0390. The molecule has 8 nitrogen and oxygen atoms in total. The summed E-state index contributed by atoms with van der Waals surface area (Å²) in [5, 5.41) is 6.20. The van der Waals surface area contributed by atoms with Crippen LogP contribution >= 0.6 is 11.3 Å². The fourth-order valence-electron chi connectivity index (χ4n) is 6.17. The number of aromatic nitrogens is 4. The van der Waals surface area contributed by atoms with Gasteiger partial charge in [0.15, 0.2) is 0 Å². The average molecular weight is 535 g/mol. The van der Waals surface area contributed by atoms with Gasteiger partial charge < -0.3 is 14.2 Å². The fraction of sp³-hybridized carbons (Fsp3) is 0.552. The number of piperazine rings is 1. The maximum absolute atomic E-state index is 13.1. The van der Waals surface area contributed by atoms with Crippen LogP contribution in [0.4, 0.5) is 5.69 Å². The molecule has 6 rings (SSSR count). The summed E-state index contributed by atoms with van der Waals surface area (Å²) >= 11 is 1.80. The molecule has 0 radical (unpaired) electrons. The van der Waals surface area contributed by atoms with Gasteiger partial charge in [-0.25, -0.2) is 9.67 Å². The third kappa shape index (κ3) is 4.44. The van der Waals surface area contributed by atoms with Crippen LogP contribution in [0.25, 0.3) is 21.3 Å². The summed E-state index contributed by atoms with van der Waals surface area (Å²) in [7, 11) is 1.84. The van der Waals surface area contributed by atoms with Gasteiger partial charge in [-0.05, 0) is 51.2 Å². The highest BCUT2D eigenvalue weighted by Crippen LogP contribution is 2.37. The molecule has 5 heterocycles. The zero-order valence-electron chi connectivity index (χ0n) is 22.8. The first-order valence-corrected chi connectivity index (χ1v) is 14.9. The van der Waals surface area contributed by atoms with Crippen LogP contribution in [0.1, 0.15) is 70.2 Å². The van der Waals surface area contributed by atoms with Crippen LogP contribution < -0.4 is 10.5 Å². The van der Waals surface area contributed by atoms with Crippen LogP contribution in [-0.4, -0.2) is 56.0 Å². The normalized spacial score (nSPS) is 23.9. The Balaban J connectivity index is 1.35. The highest BCUT2D eigenvalue weighted by molar-refractivity contribution is 7.18. The Kier molecular flexibility index (Phi) is 7.01. The number of anilines is 1. The predicted octanol–water partition coefficient (Wildman–Crippen LogP) is 5.48. The molecule has 0 aliphatic carbocycles. The number of pyridine rings is 1. The number of ether oxygens (including phenoxy) is 1. The Bertz CT molecular complexity index is 1450. The number of fused-ring (bicyclic) bond motifs is 2. The minimum atomic E-state index is -0.0593. The van der Waals surface area contributed by atoms with Gasteiger partial charge in [-0.1, -0.05) is 26.0 Å². The molecule has 2 fully saturated rings. The topological polar surface area (TPSA) is 68.4 Å². The molecular formula is C29H38N6O2S. The van der Waals surface area contributed by atoms with Crippen LogP contribution in [0.2, 0.25) is 0 Å². The van der Waals surface area contributed by atoms with Crippen molar-refractivity contribution in [1.82, 2.24) is 24.2 Å². The van der Waals surface area contributed by atoms with Crippen molar-refractivity contribution in [2.45, 2.75) is 77.2 Å². The second kappa shape index (κ2) is 10.4. The summed E-state index contributed by atoms with van der Waals surface area (Å²) < 4.78 is 10.9. The molecule has 2 aliphatic rings. The molecule has 2 saturated heterocycles. The summed E-state index contributed by atoms with van der Waals surface area (Å²) in [6.07, 6.45) is 7.14. The van der Waals surface area contributed by atoms with Gasteiger partial charge in [-0.15, -0.1) is 11.3 Å². The van der Waals surface area contributed by atoms with Crippen LogP contribution in [0.3, 0.4) is 0 Å². The van der Waals surface area contributed by atoms with Gasteiger partial charge in [0.1, 0.15) is 16.8 Å². The van der Waals surface area contributed by atoms with Crippen LogP contribution in [0.15, 0.2) is 41.3 Å². The third-order valence-electron chi connectivity index (χ3n) is 8.51. The quantitative estimate of drug-likeness (QED) is 0.326. The van der Waals surface area contributed by atoms with Crippen molar-refractivity contribution >= 4 is 38.3 Å².